The summed E-state index contributed by atoms with van der Waals surface area (Å²) in [5.74, 6) is -0.775. The number of aliphatic carboxylic acids is 1. The van der Waals surface area contributed by atoms with E-state index >= 15 is 0 Å². The number of carboxylic acids is 1. The molecule has 0 aliphatic carbocycles. The molecule has 1 aromatic carbocycles. The van der Waals surface area contributed by atoms with Gasteiger partial charge < -0.3 is 5.11 Å². The van der Waals surface area contributed by atoms with Crippen molar-refractivity contribution in [1.82, 2.24) is 15.1 Å². The molecule has 0 spiro atoms. The van der Waals surface area contributed by atoms with Gasteiger partial charge in [-0.1, -0.05) is 30.3 Å². The van der Waals surface area contributed by atoms with Crippen molar-refractivity contribution in [2.75, 3.05) is 6.54 Å². The normalized spacial score (nSPS) is 10.8. The van der Waals surface area contributed by atoms with Crippen LogP contribution in [0, 0.1) is 0 Å². The number of aromatic amines is 1. The maximum atomic E-state index is 10.7. The number of aromatic nitrogens is 2. The summed E-state index contributed by atoms with van der Waals surface area (Å²) in [6.45, 7) is 1.92. The molecule has 5 heteroatoms. The number of hydrogen-bond donors (Lipinski definition) is 2. The standard InChI is InChI=1S/C14H17N3O2/c18-14(19)7-9-17(11-13-6-8-15-16-13)10-12-4-2-1-3-5-12/h1-6,8H,7,9-11H2,(H,15,16)(H,18,19). The molecule has 0 bridgehead atoms. The Labute approximate surface area is 111 Å². The zero-order valence-electron chi connectivity index (χ0n) is 10.6. The summed E-state index contributed by atoms with van der Waals surface area (Å²) in [5.41, 5.74) is 2.16. The fourth-order valence-electron chi connectivity index (χ4n) is 1.92. The minimum atomic E-state index is -0.775. The van der Waals surface area contributed by atoms with Crippen molar-refractivity contribution in [2.24, 2.45) is 0 Å². The van der Waals surface area contributed by atoms with Gasteiger partial charge >= 0.3 is 5.97 Å². The summed E-state index contributed by atoms with van der Waals surface area (Å²) in [6, 6.07) is 11.9. The third-order valence-electron chi connectivity index (χ3n) is 2.84. The van der Waals surface area contributed by atoms with Crippen LogP contribution in [0.4, 0.5) is 0 Å². The van der Waals surface area contributed by atoms with Crippen molar-refractivity contribution < 1.29 is 9.90 Å². The third kappa shape index (κ3) is 4.56. The van der Waals surface area contributed by atoms with E-state index in [1.165, 1.54) is 5.56 Å². The first-order valence-electron chi connectivity index (χ1n) is 6.20. The number of nitrogens with zero attached hydrogens (tertiary/aromatic N) is 2. The molecule has 0 saturated heterocycles. The molecule has 5 nitrogen and oxygen atoms in total. The summed E-state index contributed by atoms with van der Waals surface area (Å²) in [5, 5.41) is 15.6. The monoisotopic (exact) mass is 259 g/mol. The van der Waals surface area contributed by atoms with Crippen LogP contribution >= 0.6 is 0 Å². The Hall–Kier alpha value is -2.14. The quantitative estimate of drug-likeness (QED) is 0.796. The molecule has 0 amide bonds. The molecular formula is C14H17N3O2. The van der Waals surface area contributed by atoms with Gasteiger partial charge in [-0.25, -0.2) is 0 Å². The molecule has 0 atom stereocenters. The minimum Gasteiger partial charge on any atom is -0.481 e. The number of rotatable bonds is 7. The van der Waals surface area contributed by atoms with Crippen LogP contribution in [0.15, 0.2) is 42.6 Å². The largest absolute Gasteiger partial charge is 0.481 e. The number of nitrogens with one attached hydrogen (secondary N) is 1. The second-order valence-electron chi connectivity index (χ2n) is 4.42. The van der Waals surface area contributed by atoms with E-state index in [0.717, 1.165) is 12.2 Å². The first-order chi connectivity index (χ1) is 9.24. The maximum absolute atomic E-state index is 10.7. The van der Waals surface area contributed by atoms with Gasteiger partial charge in [0.15, 0.2) is 0 Å². The fraction of sp³-hybridized carbons (Fsp3) is 0.286. The maximum Gasteiger partial charge on any atom is 0.304 e. The molecule has 19 heavy (non-hydrogen) atoms. The molecule has 1 aromatic heterocycles. The second-order valence-corrected chi connectivity index (χ2v) is 4.42. The van der Waals surface area contributed by atoms with Crippen LogP contribution in [-0.2, 0) is 17.9 Å². The molecule has 100 valence electrons. The van der Waals surface area contributed by atoms with E-state index < -0.39 is 5.97 Å². The molecule has 2 aromatic rings. The zero-order valence-corrected chi connectivity index (χ0v) is 10.6. The summed E-state index contributed by atoms with van der Waals surface area (Å²) in [4.78, 5) is 12.8. The highest BCUT2D eigenvalue weighted by atomic mass is 16.4. The fourth-order valence-corrected chi connectivity index (χ4v) is 1.92. The van der Waals surface area contributed by atoms with Crippen molar-refractivity contribution in [3.63, 3.8) is 0 Å². The van der Waals surface area contributed by atoms with Crippen molar-refractivity contribution in [3.05, 3.63) is 53.9 Å². The van der Waals surface area contributed by atoms with Gasteiger partial charge in [0.1, 0.15) is 0 Å². The van der Waals surface area contributed by atoms with E-state index in [1.54, 1.807) is 6.20 Å². The Morgan fingerprint density at radius 3 is 2.63 bits per heavy atom. The Morgan fingerprint density at radius 1 is 1.21 bits per heavy atom. The van der Waals surface area contributed by atoms with Crippen LogP contribution in [0.5, 0.6) is 0 Å². The van der Waals surface area contributed by atoms with E-state index in [2.05, 4.69) is 15.1 Å². The van der Waals surface area contributed by atoms with E-state index in [-0.39, 0.29) is 6.42 Å². The summed E-state index contributed by atoms with van der Waals surface area (Å²) in [6.07, 6.45) is 1.84. The van der Waals surface area contributed by atoms with Crippen LogP contribution in [0.2, 0.25) is 0 Å². The molecule has 0 fully saturated rings. The number of benzene rings is 1. The molecule has 1 heterocycles. The summed E-state index contributed by atoms with van der Waals surface area (Å²) >= 11 is 0. The molecule has 2 N–H and O–H groups in total. The number of carbonyl (C=O) groups is 1. The van der Waals surface area contributed by atoms with Crippen LogP contribution in [0.1, 0.15) is 17.7 Å². The Balaban J connectivity index is 1.99. The molecule has 0 aliphatic heterocycles. The van der Waals surface area contributed by atoms with Crippen molar-refractivity contribution >= 4 is 5.97 Å². The highest BCUT2D eigenvalue weighted by molar-refractivity contribution is 5.66. The second kappa shape index (κ2) is 6.70. The molecule has 0 saturated carbocycles. The lowest BCUT2D eigenvalue weighted by molar-refractivity contribution is -0.137. The van der Waals surface area contributed by atoms with Crippen LogP contribution in [0.25, 0.3) is 0 Å². The zero-order chi connectivity index (χ0) is 13.5. The molecule has 0 radical (unpaired) electrons. The SMILES string of the molecule is O=C(O)CCN(Cc1ccccc1)Cc1ccn[nH]1. The van der Waals surface area contributed by atoms with Gasteiger partial charge in [-0.3, -0.25) is 14.8 Å². The average Bonchev–Trinajstić information content (AvgIpc) is 2.90. The Morgan fingerprint density at radius 2 is 2.00 bits per heavy atom. The molecular weight excluding hydrogens is 242 g/mol. The molecule has 2 rings (SSSR count). The molecule has 0 aliphatic rings. The summed E-state index contributed by atoms with van der Waals surface area (Å²) in [7, 11) is 0. The first-order valence-corrected chi connectivity index (χ1v) is 6.20. The van der Waals surface area contributed by atoms with Crippen LogP contribution in [0.3, 0.4) is 0 Å². The lowest BCUT2D eigenvalue weighted by Gasteiger charge is -2.20. The van der Waals surface area contributed by atoms with E-state index in [0.29, 0.717) is 13.1 Å². The van der Waals surface area contributed by atoms with Gasteiger partial charge in [0.25, 0.3) is 0 Å². The van der Waals surface area contributed by atoms with Gasteiger partial charge in [0, 0.05) is 31.5 Å². The Kier molecular flexibility index (Phi) is 4.69. The number of hydrogen-bond acceptors (Lipinski definition) is 3. The van der Waals surface area contributed by atoms with Gasteiger partial charge in [-0.15, -0.1) is 0 Å². The Bertz CT molecular complexity index is 497. The van der Waals surface area contributed by atoms with E-state index in [4.69, 9.17) is 5.11 Å². The van der Waals surface area contributed by atoms with Gasteiger partial charge in [-0.05, 0) is 11.6 Å². The number of H-pyrrole nitrogens is 1. The van der Waals surface area contributed by atoms with Gasteiger partial charge in [0.2, 0.25) is 0 Å². The highest BCUT2D eigenvalue weighted by Gasteiger charge is 2.09. The lowest BCUT2D eigenvalue weighted by Crippen LogP contribution is -2.25. The van der Waals surface area contributed by atoms with Gasteiger partial charge in [-0.2, -0.15) is 5.10 Å². The highest BCUT2D eigenvalue weighted by Crippen LogP contribution is 2.08. The van der Waals surface area contributed by atoms with E-state index in [9.17, 15) is 4.79 Å². The predicted molar refractivity (Wildman–Crippen MR) is 71.4 cm³/mol. The first kappa shape index (κ1) is 13.3. The number of carboxylic acid groups (broad SMARTS) is 1. The lowest BCUT2D eigenvalue weighted by atomic mass is 10.2. The van der Waals surface area contributed by atoms with Crippen molar-refractivity contribution in [2.45, 2.75) is 19.5 Å². The smallest absolute Gasteiger partial charge is 0.304 e. The van der Waals surface area contributed by atoms with Crippen LogP contribution < -0.4 is 0 Å². The summed E-state index contributed by atoms with van der Waals surface area (Å²) < 4.78 is 0. The van der Waals surface area contributed by atoms with Crippen molar-refractivity contribution in [3.8, 4) is 0 Å². The van der Waals surface area contributed by atoms with Crippen LogP contribution in [-0.4, -0.2) is 32.7 Å². The third-order valence-corrected chi connectivity index (χ3v) is 2.84. The van der Waals surface area contributed by atoms with E-state index in [1.807, 2.05) is 36.4 Å². The topological polar surface area (TPSA) is 69.2 Å². The van der Waals surface area contributed by atoms with Gasteiger partial charge in [0.05, 0.1) is 6.42 Å². The predicted octanol–water partition coefficient (Wildman–Crippen LogP) is 1.89. The minimum absolute atomic E-state index is 0.140. The average molecular weight is 259 g/mol. The van der Waals surface area contributed by atoms with Crippen molar-refractivity contribution in [1.29, 1.82) is 0 Å². The molecule has 0 unspecified atom stereocenters.